The van der Waals surface area contributed by atoms with Crippen molar-refractivity contribution in [2.75, 3.05) is 6.54 Å². The second-order valence-corrected chi connectivity index (χ2v) is 6.49. The Morgan fingerprint density at radius 1 is 1.04 bits per heavy atom. The van der Waals surface area contributed by atoms with E-state index in [1.54, 1.807) is 0 Å². The fourth-order valence-corrected chi connectivity index (χ4v) is 3.26. The number of hydrogen-bond acceptors (Lipinski definition) is 4. The van der Waals surface area contributed by atoms with Crippen molar-refractivity contribution >= 4 is 0 Å². The lowest BCUT2D eigenvalue weighted by atomic mass is 10.1. The molecule has 8 heteroatoms. The number of alkyl halides is 3. The minimum atomic E-state index is -4.55. The number of hydrogen-bond donors (Lipinski definition) is 1. The van der Waals surface area contributed by atoms with Gasteiger partial charge in [-0.3, -0.25) is 4.90 Å². The summed E-state index contributed by atoms with van der Waals surface area (Å²) in [4.78, 5) is 5.80. The maximum atomic E-state index is 12.9. The summed E-state index contributed by atoms with van der Waals surface area (Å²) in [7, 11) is 0. The number of fused-ring (bicyclic) bond motifs is 1. The predicted octanol–water partition coefficient (Wildman–Crippen LogP) is 3.55. The molecule has 3 heterocycles. The molecule has 4 rings (SSSR count). The Bertz CT molecular complexity index is 953. The number of benzene rings is 1. The summed E-state index contributed by atoms with van der Waals surface area (Å²) in [6.07, 6.45) is -3.97. The second kappa shape index (κ2) is 6.70. The van der Waals surface area contributed by atoms with Gasteiger partial charge in [-0.1, -0.05) is 36.4 Å². The normalized spacial score (nSPS) is 14.9. The van der Waals surface area contributed by atoms with E-state index in [9.17, 15) is 18.3 Å². The van der Waals surface area contributed by atoms with Crippen molar-refractivity contribution in [3.8, 4) is 11.7 Å². The third kappa shape index (κ3) is 3.52. The molecular weight excluding hydrogens is 357 g/mol. The van der Waals surface area contributed by atoms with Gasteiger partial charge in [-0.15, -0.1) is 0 Å². The Morgan fingerprint density at radius 2 is 1.81 bits per heavy atom. The van der Waals surface area contributed by atoms with Crippen molar-refractivity contribution < 1.29 is 18.3 Å². The van der Waals surface area contributed by atoms with Gasteiger partial charge in [0.2, 0.25) is 5.88 Å². The third-order valence-corrected chi connectivity index (χ3v) is 4.58. The molecule has 1 N–H and O–H groups in total. The molecule has 1 aliphatic heterocycles. The highest BCUT2D eigenvalue weighted by Gasteiger charge is 2.33. The van der Waals surface area contributed by atoms with Crippen molar-refractivity contribution in [2.45, 2.75) is 25.7 Å². The molecule has 0 fully saturated rings. The first-order valence-corrected chi connectivity index (χ1v) is 8.52. The highest BCUT2D eigenvalue weighted by atomic mass is 19.4. The molecule has 0 aliphatic carbocycles. The van der Waals surface area contributed by atoms with Gasteiger partial charge in [0.05, 0.1) is 5.69 Å². The van der Waals surface area contributed by atoms with Gasteiger partial charge in [-0.25, -0.2) is 4.98 Å². The quantitative estimate of drug-likeness (QED) is 0.762. The predicted molar refractivity (Wildman–Crippen MR) is 92.3 cm³/mol. The second-order valence-electron chi connectivity index (χ2n) is 6.49. The van der Waals surface area contributed by atoms with Crippen molar-refractivity contribution in [3.63, 3.8) is 0 Å². The Morgan fingerprint density at radius 3 is 2.56 bits per heavy atom. The zero-order chi connectivity index (χ0) is 19.0. The molecule has 0 unspecified atom stereocenters. The molecule has 1 aliphatic rings. The average molecular weight is 374 g/mol. The molecule has 27 heavy (non-hydrogen) atoms. The molecule has 0 bridgehead atoms. The maximum Gasteiger partial charge on any atom is 0.433 e. The lowest BCUT2D eigenvalue weighted by molar-refractivity contribution is -0.141. The highest BCUT2D eigenvalue weighted by Crippen LogP contribution is 2.31. The molecule has 5 nitrogen and oxygen atoms in total. The Hall–Kier alpha value is -2.87. The number of aromatic nitrogens is 3. The van der Waals surface area contributed by atoms with E-state index in [0.717, 1.165) is 23.8 Å². The van der Waals surface area contributed by atoms with Crippen molar-refractivity contribution in [1.82, 2.24) is 19.7 Å². The van der Waals surface area contributed by atoms with Crippen LogP contribution in [0.4, 0.5) is 13.2 Å². The summed E-state index contributed by atoms with van der Waals surface area (Å²) >= 11 is 0. The average Bonchev–Trinajstić information content (AvgIpc) is 2.98. The van der Waals surface area contributed by atoms with Crippen LogP contribution in [0, 0.1) is 0 Å². The molecule has 3 aromatic rings. The lowest BCUT2D eigenvalue weighted by Crippen LogP contribution is -2.29. The van der Waals surface area contributed by atoms with Crippen LogP contribution in [0.1, 0.15) is 22.5 Å². The number of rotatable bonds is 3. The van der Waals surface area contributed by atoms with Gasteiger partial charge in [0, 0.05) is 25.2 Å². The van der Waals surface area contributed by atoms with Crippen LogP contribution in [-0.4, -0.2) is 31.3 Å². The van der Waals surface area contributed by atoms with Gasteiger partial charge in [-0.05, 0) is 24.1 Å². The van der Waals surface area contributed by atoms with Crippen molar-refractivity contribution in [3.05, 3.63) is 71.0 Å². The number of nitrogens with zero attached hydrogens (tertiary/aromatic N) is 4. The van der Waals surface area contributed by atoms with Crippen molar-refractivity contribution in [2.24, 2.45) is 0 Å². The first-order valence-electron chi connectivity index (χ1n) is 8.52. The summed E-state index contributed by atoms with van der Waals surface area (Å²) in [6, 6.07) is 13.5. The van der Waals surface area contributed by atoms with E-state index in [4.69, 9.17) is 0 Å². The molecule has 0 atom stereocenters. The molecule has 1 aromatic carbocycles. The van der Waals surface area contributed by atoms with Gasteiger partial charge in [0.1, 0.15) is 5.69 Å². The molecule has 0 amide bonds. The maximum absolute atomic E-state index is 12.9. The monoisotopic (exact) mass is 374 g/mol. The van der Waals surface area contributed by atoms with E-state index >= 15 is 0 Å². The molecule has 0 radical (unpaired) electrons. The molecular formula is C19H17F3N4O. The Labute approximate surface area is 153 Å². The first-order chi connectivity index (χ1) is 12.9. The third-order valence-electron chi connectivity index (χ3n) is 4.58. The minimum Gasteiger partial charge on any atom is -0.493 e. The standard InChI is InChI=1S/C19H17F3N4O/c20-19(21,22)16-7-4-8-17(23-16)26-18(27)14-9-10-25(12-15(14)24-26)11-13-5-2-1-3-6-13/h1-8,27H,9-12H2. The fraction of sp³-hybridized carbons (Fsp3) is 0.263. The lowest BCUT2D eigenvalue weighted by Gasteiger charge is -2.25. The van der Waals surface area contributed by atoms with Crippen LogP contribution >= 0.6 is 0 Å². The smallest absolute Gasteiger partial charge is 0.433 e. The van der Waals surface area contributed by atoms with Crippen LogP contribution < -0.4 is 0 Å². The minimum absolute atomic E-state index is 0.0497. The Balaban J connectivity index is 1.60. The van der Waals surface area contributed by atoms with E-state index in [1.807, 2.05) is 30.3 Å². The summed E-state index contributed by atoms with van der Waals surface area (Å²) in [5.41, 5.74) is 1.48. The topological polar surface area (TPSA) is 54.2 Å². The van der Waals surface area contributed by atoms with Gasteiger partial charge in [-0.2, -0.15) is 23.0 Å². The molecule has 140 valence electrons. The summed E-state index contributed by atoms with van der Waals surface area (Å²) in [5.74, 6) is -0.192. The summed E-state index contributed by atoms with van der Waals surface area (Å²) < 4.78 is 39.8. The Kier molecular flexibility index (Phi) is 4.35. The van der Waals surface area contributed by atoms with Crippen LogP contribution in [0.3, 0.4) is 0 Å². The molecule has 0 saturated carbocycles. The largest absolute Gasteiger partial charge is 0.493 e. The van der Waals surface area contributed by atoms with E-state index < -0.39 is 11.9 Å². The first kappa shape index (κ1) is 17.5. The van der Waals surface area contributed by atoms with Gasteiger partial charge in [0.25, 0.3) is 0 Å². The zero-order valence-corrected chi connectivity index (χ0v) is 14.3. The molecule has 2 aromatic heterocycles. The molecule has 0 spiro atoms. The zero-order valence-electron chi connectivity index (χ0n) is 14.3. The van der Waals surface area contributed by atoms with Gasteiger partial charge < -0.3 is 5.11 Å². The molecule has 0 saturated heterocycles. The highest BCUT2D eigenvalue weighted by molar-refractivity contribution is 5.39. The number of pyridine rings is 1. The van der Waals surface area contributed by atoms with Crippen LogP contribution in [0.5, 0.6) is 5.88 Å². The van der Waals surface area contributed by atoms with Crippen LogP contribution in [0.25, 0.3) is 5.82 Å². The van der Waals surface area contributed by atoms with Gasteiger partial charge in [0.15, 0.2) is 5.82 Å². The van der Waals surface area contributed by atoms with Crippen LogP contribution in [0.15, 0.2) is 48.5 Å². The number of aromatic hydroxyl groups is 1. The fourth-order valence-electron chi connectivity index (χ4n) is 3.26. The summed E-state index contributed by atoms with van der Waals surface area (Å²) in [6.45, 7) is 2.00. The van der Waals surface area contributed by atoms with Crippen LogP contribution in [-0.2, 0) is 25.7 Å². The van der Waals surface area contributed by atoms with E-state index in [1.165, 1.54) is 17.7 Å². The van der Waals surface area contributed by atoms with Crippen LogP contribution in [0.2, 0.25) is 0 Å². The summed E-state index contributed by atoms with van der Waals surface area (Å²) in [5, 5.41) is 14.8. The van der Waals surface area contributed by atoms with E-state index in [2.05, 4.69) is 15.0 Å². The van der Waals surface area contributed by atoms with E-state index in [0.29, 0.717) is 24.2 Å². The van der Waals surface area contributed by atoms with Crippen molar-refractivity contribution in [1.29, 1.82) is 0 Å². The SMILES string of the molecule is Oc1c2c(nn1-c1cccc(C(F)(F)F)n1)CN(Cc1ccccc1)CC2. The van der Waals surface area contributed by atoms with Gasteiger partial charge >= 0.3 is 6.18 Å². The van der Waals surface area contributed by atoms with E-state index in [-0.39, 0.29) is 11.7 Å². The number of halogens is 3.